The van der Waals surface area contributed by atoms with Crippen molar-refractivity contribution in [2.24, 2.45) is 5.73 Å². The number of hydrogen-bond donors (Lipinski definition) is 2. The summed E-state index contributed by atoms with van der Waals surface area (Å²) in [6, 6.07) is 3.95. The third-order valence-electron chi connectivity index (χ3n) is 3.33. The summed E-state index contributed by atoms with van der Waals surface area (Å²) >= 11 is 0. The second-order valence-corrected chi connectivity index (χ2v) is 4.59. The van der Waals surface area contributed by atoms with Crippen LogP contribution in [0, 0.1) is 0 Å². The van der Waals surface area contributed by atoms with Gasteiger partial charge in [0.2, 0.25) is 0 Å². The van der Waals surface area contributed by atoms with E-state index in [2.05, 4.69) is 9.88 Å². The lowest BCUT2D eigenvalue weighted by Crippen LogP contribution is -2.55. The Labute approximate surface area is 100 Å². The molecule has 0 saturated carbocycles. The van der Waals surface area contributed by atoms with Gasteiger partial charge in [-0.05, 0) is 30.5 Å². The van der Waals surface area contributed by atoms with Gasteiger partial charge in [-0.2, -0.15) is 0 Å². The van der Waals surface area contributed by atoms with Crippen molar-refractivity contribution in [2.45, 2.75) is 24.9 Å². The number of nitrogens with two attached hydrogens (primary N) is 1. The summed E-state index contributed by atoms with van der Waals surface area (Å²) in [4.78, 5) is 17.2. The van der Waals surface area contributed by atoms with Crippen LogP contribution in [0.5, 0.6) is 0 Å². The minimum atomic E-state index is -1.03. The molecule has 0 spiro atoms. The number of piperidine rings is 1. The Bertz CT molecular complexity index is 386. The molecule has 0 unspecified atom stereocenters. The molecule has 0 amide bonds. The van der Waals surface area contributed by atoms with E-state index < -0.39 is 11.5 Å². The first-order valence-electron chi connectivity index (χ1n) is 5.74. The zero-order valence-electron chi connectivity index (χ0n) is 9.67. The summed E-state index contributed by atoms with van der Waals surface area (Å²) in [6.07, 6.45) is 4.55. The minimum Gasteiger partial charge on any atom is -0.480 e. The third-order valence-corrected chi connectivity index (χ3v) is 3.33. The van der Waals surface area contributed by atoms with Gasteiger partial charge < -0.3 is 10.8 Å². The van der Waals surface area contributed by atoms with Crippen LogP contribution in [-0.4, -0.2) is 39.6 Å². The predicted octanol–water partition coefficient (Wildman–Crippen LogP) is 0.460. The minimum absolute atomic E-state index is 0.507. The summed E-state index contributed by atoms with van der Waals surface area (Å²) < 4.78 is 0. The monoisotopic (exact) mass is 235 g/mol. The molecule has 1 aliphatic rings. The Kier molecular flexibility index (Phi) is 3.40. The number of aliphatic carboxylic acids is 1. The average molecular weight is 235 g/mol. The van der Waals surface area contributed by atoms with Gasteiger partial charge in [0.25, 0.3) is 0 Å². The zero-order valence-corrected chi connectivity index (χ0v) is 9.67. The molecule has 1 aromatic rings. The van der Waals surface area contributed by atoms with Crippen LogP contribution in [0.25, 0.3) is 0 Å². The number of likely N-dealkylation sites (tertiary alicyclic amines) is 1. The number of pyridine rings is 1. The molecule has 0 aliphatic carbocycles. The Hall–Kier alpha value is -1.46. The molecule has 1 fully saturated rings. The molecular formula is C12H17N3O2. The Balaban J connectivity index is 1.90. The molecular weight excluding hydrogens is 218 g/mol. The molecule has 0 aromatic carbocycles. The fraction of sp³-hybridized carbons (Fsp3) is 0.500. The van der Waals surface area contributed by atoms with Gasteiger partial charge in [-0.1, -0.05) is 0 Å². The number of rotatable bonds is 3. The van der Waals surface area contributed by atoms with Gasteiger partial charge in [0, 0.05) is 32.0 Å². The van der Waals surface area contributed by atoms with E-state index >= 15 is 0 Å². The number of nitrogens with zero attached hydrogens (tertiary/aromatic N) is 2. The zero-order chi connectivity index (χ0) is 12.3. The summed E-state index contributed by atoms with van der Waals surface area (Å²) in [5.41, 5.74) is 5.98. The third kappa shape index (κ3) is 2.81. The quantitative estimate of drug-likeness (QED) is 0.795. The van der Waals surface area contributed by atoms with E-state index in [1.807, 2.05) is 12.1 Å². The van der Waals surface area contributed by atoms with Crippen LogP contribution in [-0.2, 0) is 11.3 Å². The normalized spacial score (nSPS) is 20.1. The van der Waals surface area contributed by atoms with Crippen molar-refractivity contribution >= 4 is 5.97 Å². The summed E-state index contributed by atoms with van der Waals surface area (Å²) in [7, 11) is 0. The second-order valence-electron chi connectivity index (χ2n) is 4.59. The maximum Gasteiger partial charge on any atom is 0.323 e. The largest absolute Gasteiger partial charge is 0.480 e. The van der Waals surface area contributed by atoms with Crippen LogP contribution in [0.1, 0.15) is 18.4 Å². The van der Waals surface area contributed by atoms with Gasteiger partial charge in [0.05, 0.1) is 0 Å². The second kappa shape index (κ2) is 4.81. The van der Waals surface area contributed by atoms with Crippen LogP contribution in [0.2, 0.25) is 0 Å². The molecule has 1 aliphatic heterocycles. The number of carboxylic acid groups (broad SMARTS) is 1. The number of aromatic nitrogens is 1. The van der Waals surface area contributed by atoms with Gasteiger partial charge >= 0.3 is 5.97 Å². The number of carbonyl (C=O) groups is 1. The molecule has 17 heavy (non-hydrogen) atoms. The van der Waals surface area contributed by atoms with Crippen LogP contribution in [0.3, 0.4) is 0 Å². The molecule has 92 valence electrons. The molecule has 5 nitrogen and oxygen atoms in total. The van der Waals surface area contributed by atoms with E-state index in [0.717, 1.165) is 19.6 Å². The van der Waals surface area contributed by atoms with Crippen LogP contribution < -0.4 is 5.73 Å². The highest BCUT2D eigenvalue weighted by Gasteiger charge is 2.37. The lowest BCUT2D eigenvalue weighted by molar-refractivity contribution is -0.145. The fourth-order valence-corrected chi connectivity index (χ4v) is 2.07. The van der Waals surface area contributed by atoms with Crippen LogP contribution in [0.4, 0.5) is 0 Å². The Morgan fingerprint density at radius 3 is 2.53 bits per heavy atom. The van der Waals surface area contributed by atoms with Gasteiger partial charge in [-0.3, -0.25) is 14.7 Å². The van der Waals surface area contributed by atoms with Gasteiger partial charge in [-0.15, -0.1) is 0 Å². The Morgan fingerprint density at radius 2 is 2.00 bits per heavy atom. The molecule has 2 heterocycles. The van der Waals surface area contributed by atoms with Crippen molar-refractivity contribution in [3.8, 4) is 0 Å². The standard InChI is InChI=1S/C12H17N3O2/c13-12(11(16)17)3-7-15(8-4-12)9-10-1-5-14-6-2-10/h1-2,5-6H,3-4,7-9,13H2,(H,16,17). The molecule has 0 atom stereocenters. The lowest BCUT2D eigenvalue weighted by Gasteiger charge is -2.36. The highest BCUT2D eigenvalue weighted by molar-refractivity contribution is 5.78. The molecule has 1 aromatic heterocycles. The molecule has 5 heteroatoms. The van der Waals surface area contributed by atoms with Crippen molar-refractivity contribution in [2.75, 3.05) is 13.1 Å². The van der Waals surface area contributed by atoms with Crippen LogP contribution in [0.15, 0.2) is 24.5 Å². The fourth-order valence-electron chi connectivity index (χ4n) is 2.07. The van der Waals surface area contributed by atoms with Gasteiger partial charge in [0.1, 0.15) is 5.54 Å². The highest BCUT2D eigenvalue weighted by Crippen LogP contribution is 2.21. The van der Waals surface area contributed by atoms with Crippen LogP contribution >= 0.6 is 0 Å². The van der Waals surface area contributed by atoms with Crippen molar-refractivity contribution in [3.05, 3.63) is 30.1 Å². The van der Waals surface area contributed by atoms with E-state index in [1.165, 1.54) is 5.56 Å². The number of hydrogen-bond acceptors (Lipinski definition) is 4. The first kappa shape index (κ1) is 12.0. The molecule has 2 rings (SSSR count). The molecule has 0 radical (unpaired) electrons. The SMILES string of the molecule is NC1(C(=O)O)CCN(Cc2ccncc2)CC1. The average Bonchev–Trinajstić information content (AvgIpc) is 2.33. The maximum absolute atomic E-state index is 11.0. The highest BCUT2D eigenvalue weighted by atomic mass is 16.4. The van der Waals surface area contributed by atoms with Gasteiger partial charge in [-0.25, -0.2) is 0 Å². The van der Waals surface area contributed by atoms with Crippen molar-refractivity contribution in [3.63, 3.8) is 0 Å². The Morgan fingerprint density at radius 1 is 1.41 bits per heavy atom. The molecule has 0 bridgehead atoms. The van der Waals surface area contributed by atoms with E-state index in [9.17, 15) is 4.79 Å². The van der Waals surface area contributed by atoms with Crippen molar-refractivity contribution < 1.29 is 9.90 Å². The van der Waals surface area contributed by atoms with Crippen molar-refractivity contribution in [1.29, 1.82) is 0 Å². The first-order valence-corrected chi connectivity index (χ1v) is 5.74. The lowest BCUT2D eigenvalue weighted by atomic mass is 9.89. The smallest absolute Gasteiger partial charge is 0.323 e. The topological polar surface area (TPSA) is 79.5 Å². The van der Waals surface area contributed by atoms with E-state index in [4.69, 9.17) is 10.8 Å². The number of carboxylic acids is 1. The van der Waals surface area contributed by atoms with Crippen molar-refractivity contribution in [1.82, 2.24) is 9.88 Å². The van der Waals surface area contributed by atoms with E-state index in [-0.39, 0.29) is 0 Å². The maximum atomic E-state index is 11.0. The summed E-state index contributed by atoms with van der Waals surface area (Å²) in [5, 5.41) is 9.02. The summed E-state index contributed by atoms with van der Waals surface area (Å²) in [5.74, 6) is -0.888. The summed E-state index contributed by atoms with van der Waals surface area (Å²) in [6.45, 7) is 2.29. The molecule has 3 N–H and O–H groups in total. The first-order chi connectivity index (χ1) is 8.10. The van der Waals surface area contributed by atoms with E-state index in [0.29, 0.717) is 12.8 Å². The predicted molar refractivity (Wildman–Crippen MR) is 63.3 cm³/mol. The van der Waals surface area contributed by atoms with Gasteiger partial charge in [0.15, 0.2) is 0 Å². The molecule has 1 saturated heterocycles. The van der Waals surface area contributed by atoms with E-state index in [1.54, 1.807) is 12.4 Å².